The predicted molar refractivity (Wildman–Crippen MR) is 175 cm³/mol. The smallest absolute Gasteiger partial charge is 0.364 e. The number of aliphatic hydroxyl groups is 10. The van der Waals surface area contributed by atoms with Crippen LogP contribution < -0.4 is 10.6 Å². The average molecular weight is 770 g/mol. The Morgan fingerprint density at radius 3 is 2.34 bits per heavy atom. The van der Waals surface area contributed by atoms with Crippen LogP contribution in [0.1, 0.15) is 45.2 Å². The second-order valence-corrected chi connectivity index (χ2v) is 13.4. The molecule has 2 aliphatic rings. The number of aliphatic carboxylic acids is 1. The van der Waals surface area contributed by atoms with E-state index in [0.29, 0.717) is 12.2 Å². The summed E-state index contributed by atoms with van der Waals surface area (Å²) in [6.45, 7) is 2.80. The van der Waals surface area contributed by atoms with E-state index in [9.17, 15) is 65.8 Å². The molecular formula is C31H55N5O17. The number of hydrogen-bond acceptors (Lipinski definition) is 19. The summed E-state index contributed by atoms with van der Waals surface area (Å²) in [7, 11) is 0. The van der Waals surface area contributed by atoms with Crippen molar-refractivity contribution in [2.24, 2.45) is 0 Å². The van der Waals surface area contributed by atoms with E-state index in [4.69, 9.17) is 18.9 Å². The molecule has 0 radical (unpaired) electrons. The summed E-state index contributed by atoms with van der Waals surface area (Å²) in [6, 6.07) is -1.46. The molecule has 53 heavy (non-hydrogen) atoms. The number of nitrogens with zero attached hydrogens (tertiary/aromatic N) is 3. The van der Waals surface area contributed by atoms with Crippen molar-refractivity contribution in [2.75, 3.05) is 26.3 Å². The number of carbonyl (C=O) groups excluding carboxylic acids is 1. The molecule has 13 N–H and O–H groups in total. The van der Waals surface area contributed by atoms with Crippen molar-refractivity contribution >= 4 is 11.9 Å². The summed E-state index contributed by atoms with van der Waals surface area (Å²) >= 11 is 0. The van der Waals surface area contributed by atoms with Gasteiger partial charge in [-0.15, -0.1) is 5.10 Å². The van der Waals surface area contributed by atoms with Crippen LogP contribution in [-0.4, -0.2) is 201 Å². The van der Waals surface area contributed by atoms with Gasteiger partial charge in [0, 0.05) is 26.1 Å². The summed E-state index contributed by atoms with van der Waals surface area (Å²) in [5, 5.41) is 130. The van der Waals surface area contributed by atoms with E-state index in [1.54, 1.807) is 6.92 Å². The maximum Gasteiger partial charge on any atom is 0.364 e. The van der Waals surface area contributed by atoms with Crippen LogP contribution in [0.25, 0.3) is 0 Å². The van der Waals surface area contributed by atoms with Gasteiger partial charge in [-0.05, 0) is 19.9 Å². The van der Waals surface area contributed by atoms with Crippen LogP contribution in [0.4, 0.5) is 0 Å². The molecule has 2 saturated heterocycles. The number of carbonyl (C=O) groups is 2. The number of carboxylic acids is 1. The van der Waals surface area contributed by atoms with Gasteiger partial charge in [-0.25, -0.2) is 9.48 Å². The third-order valence-electron chi connectivity index (χ3n) is 9.07. The number of carboxylic acid groups (broad SMARTS) is 1. The lowest BCUT2D eigenvalue weighted by atomic mass is 9.88. The first-order chi connectivity index (χ1) is 25.0. The van der Waals surface area contributed by atoms with Gasteiger partial charge in [-0.2, -0.15) is 0 Å². The number of rotatable bonds is 21. The topological polar surface area (TPSA) is 348 Å². The zero-order valence-corrected chi connectivity index (χ0v) is 29.7. The Balaban J connectivity index is 1.80. The molecule has 0 spiro atoms. The average Bonchev–Trinajstić information content (AvgIpc) is 3.53. The van der Waals surface area contributed by atoms with Gasteiger partial charge in [0.15, 0.2) is 6.29 Å². The van der Waals surface area contributed by atoms with E-state index in [2.05, 4.69) is 20.9 Å². The molecule has 1 aromatic rings. The quantitative estimate of drug-likeness (QED) is 0.0517. The minimum absolute atomic E-state index is 0.145. The fourth-order valence-electron chi connectivity index (χ4n) is 6.08. The number of aliphatic hydroxyl groups excluding tert-OH is 10. The zero-order chi connectivity index (χ0) is 39.6. The van der Waals surface area contributed by atoms with Gasteiger partial charge in [0.05, 0.1) is 43.7 Å². The van der Waals surface area contributed by atoms with Gasteiger partial charge < -0.3 is 85.8 Å². The number of nitrogens with one attached hydrogen (secondary N) is 2. The highest BCUT2D eigenvalue weighted by Crippen LogP contribution is 2.35. The lowest BCUT2D eigenvalue weighted by Gasteiger charge is -2.47. The van der Waals surface area contributed by atoms with Crippen molar-refractivity contribution < 1.29 is 84.7 Å². The molecule has 0 aromatic carbocycles. The Hall–Kier alpha value is -2.52. The zero-order valence-electron chi connectivity index (χ0n) is 29.7. The Morgan fingerprint density at radius 1 is 1.06 bits per heavy atom. The summed E-state index contributed by atoms with van der Waals surface area (Å²) in [5.41, 5.74) is 0.488. The molecule has 0 bridgehead atoms. The van der Waals surface area contributed by atoms with Crippen LogP contribution in [0.3, 0.4) is 0 Å². The molecule has 1 aromatic heterocycles. The van der Waals surface area contributed by atoms with E-state index in [-0.39, 0.29) is 13.1 Å². The second-order valence-electron chi connectivity index (χ2n) is 13.4. The molecular weight excluding hydrogens is 714 g/mol. The van der Waals surface area contributed by atoms with Crippen LogP contribution in [-0.2, 0) is 35.1 Å². The van der Waals surface area contributed by atoms with Gasteiger partial charge >= 0.3 is 5.97 Å². The highest BCUT2D eigenvalue weighted by atomic mass is 16.7. The monoisotopic (exact) mass is 769 g/mol. The number of hydrogen-bond donors (Lipinski definition) is 13. The van der Waals surface area contributed by atoms with Crippen molar-refractivity contribution in [3.05, 3.63) is 11.9 Å². The van der Waals surface area contributed by atoms with Crippen molar-refractivity contribution in [1.82, 2.24) is 25.6 Å². The van der Waals surface area contributed by atoms with Crippen molar-refractivity contribution in [3.63, 3.8) is 0 Å². The standard InChI is InChI=1S/C31H55N5O17/c1-4-5-6-7-32-9-17(40)22(43)27(19(42)12-37)52-29-26(47)25(46)24(45)20(51-29)13-50-31(30(48)49)8-16(39)21(33-15(3)38)28(53-31)23(44)18(41)11-36-10-14(2)34-35-36/h10,16-29,32,37,39-47H,4-9,11-13H2,1-3H3,(H,33,38)(H,48,49). The van der Waals surface area contributed by atoms with E-state index < -0.39 is 123 Å². The van der Waals surface area contributed by atoms with E-state index in [0.717, 1.165) is 26.2 Å². The number of aryl methyl sites for hydroxylation is 1. The van der Waals surface area contributed by atoms with E-state index in [1.165, 1.54) is 10.9 Å². The Labute approximate surface area is 304 Å². The van der Waals surface area contributed by atoms with Crippen molar-refractivity contribution in [2.45, 2.75) is 144 Å². The normalized spacial score (nSPS) is 32.7. The Bertz CT molecular complexity index is 1280. The van der Waals surface area contributed by atoms with Gasteiger partial charge in [0.25, 0.3) is 5.79 Å². The third kappa shape index (κ3) is 11.7. The molecule has 2 fully saturated rings. The summed E-state index contributed by atoms with van der Waals surface area (Å²) < 4.78 is 23.6. The van der Waals surface area contributed by atoms with Crippen LogP contribution in [0.15, 0.2) is 6.20 Å². The van der Waals surface area contributed by atoms with Crippen molar-refractivity contribution in [3.8, 4) is 0 Å². The lowest BCUT2D eigenvalue weighted by Crippen LogP contribution is -2.68. The predicted octanol–water partition coefficient (Wildman–Crippen LogP) is -6.19. The number of amides is 1. The van der Waals surface area contributed by atoms with Crippen LogP contribution >= 0.6 is 0 Å². The molecule has 306 valence electrons. The fraction of sp³-hybridized carbons (Fsp3) is 0.871. The highest BCUT2D eigenvalue weighted by molar-refractivity contribution is 5.76. The maximum absolute atomic E-state index is 12.7. The Morgan fingerprint density at radius 2 is 1.75 bits per heavy atom. The number of ether oxygens (including phenoxy) is 4. The molecule has 22 heteroatoms. The first-order valence-corrected chi connectivity index (χ1v) is 17.4. The summed E-state index contributed by atoms with van der Waals surface area (Å²) in [5.74, 6) is -5.37. The largest absolute Gasteiger partial charge is 0.477 e. The van der Waals surface area contributed by atoms with Gasteiger partial charge in [0.1, 0.15) is 61.0 Å². The Kier molecular flexibility index (Phi) is 17.3. The SMILES string of the molecule is CCCCCNCC(O)C(O)C(OC1OC(COC2(C(=O)O)CC(O)C(NC(C)=O)C(C(O)C(O)Cn3cc(C)nn3)O2)C(O)C(O)C1O)C(O)CO. The first kappa shape index (κ1) is 44.9. The molecule has 3 heterocycles. The first-order valence-electron chi connectivity index (χ1n) is 17.4. The minimum atomic E-state index is -2.83. The van der Waals surface area contributed by atoms with Crippen LogP contribution in [0, 0.1) is 6.92 Å². The van der Waals surface area contributed by atoms with E-state index >= 15 is 0 Å². The highest BCUT2D eigenvalue weighted by Gasteiger charge is 2.57. The summed E-state index contributed by atoms with van der Waals surface area (Å²) in [6.07, 6.45) is -20.9. The molecule has 3 rings (SSSR count). The van der Waals surface area contributed by atoms with Gasteiger partial charge in [-0.1, -0.05) is 25.0 Å². The second kappa shape index (κ2) is 20.4. The molecule has 15 atom stereocenters. The van der Waals surface area contributed by atoms with Crippen LogP contribution in [0.5, 0.6) is 0 Å². The molecule has 0 saturated carbocycles. The van der Waals surface area contributed by atoms with Gasteiger partial charge in [0.2, 0.25) is 5.91 Å². The number of unbranched alkanes of at least 4 members (excludes halogenated alkanes) is 2. The van der Waals surface area contributed by atoms with E-state index in [1.807, 2.05) is 6.92 Å². The summed E-state index contributed by atoms with van der Waals surface area (Å²) in [4.78, 5) is 24.7. The third-order valence-corrected chi connectivity index (χ3v) is 9.07. The molecule has 1 amide bonds. The molecule has 0 aliphatic carbocycles. The minimum Gasteiger partial charge on any atom is -0.477 e. The molecule has 2 aliphatic heterocycles. The maximum atomic E-state index is 12.7. The molecule has 15 unspecified atom stereocenters. The molecule has 22 nitrogen and oxygen atoms in total. The fourth-order valence-corrected chi connectivity index (χ4v) is 6.08. The van der Waals surface area contributed by atoms with Crippen molar-refractivity contribution in [1.29, 1.82) is 0 Å². The van der Waals surface area contributed by atoms with Crippen LogP contribution in [0.2, 0.25) is 0 Å². The van der Waals surface area contributed by atoms with Gasteiger partial charge in [-0.3, -0.25) is 4.79 Å². The number of aromatic nitrogens is 3. The lowest BCUT2D eigenvalue weighted by molar-refractivity contribution is -0.349.